The molecule has 0 saturated heterocycles. The Morgan fingerprint density at radius 3 is 2.74 bits per heavy atom. The topological polar surface area (TPSA) is 76.9 Å². The van der Waals surface area contributed by atoms with Gasteiger partial charge in [-0.3, -0.25) is 14.6 Å². The molecule has 0 aromatic carbocycles. The van der Waals surface area contributed by atoms with Crippen LogP contribution in [0.25, 0.3) is 0 Å². The third-order valence-corrected chi connectivity index (χ3v) is 2.70. The molecule has 1 unspecified atom stereocenters. The highest BCUT2D eigenvalue weighted by Gasteiger charge is 2.16. The number of nitrogens with zero attached hydrogens (tertiary/aromatic N) is 3. The number of nitrogens with one attached hydrogen (secondary N) is 1. The molecule has 19 heavy (non-hydrogen) atoms. The molecule has 1 atom stereocenters. The van der Waals surface area contributed by atoms with Crippen molar-refractivity contribution in [3.05, 3.63) is 58.8 Å². The van der Waals surface area contributed by atoms with Gasteiger partial charge in [-0.15, -0.1) is 0 Å². The van der Waals surface area contributed by atoms with E-state index in [2.05, 4.69) is 15.4 Å². The van der Waals surface area contributed by atoms with Crippen molar-refractivity contribution in [3.8, 4) is 0 Å². The van der Waals surface area contributed by atoms with Crippen LogP contribution >= 0.6 is 0 Å². The molecule has 0 fully saturated rings. The van der Waals surface area contributed by atoms with Crippen molar-refractivity contribution in [2.24, 2.45) is 0 Å². The molecule has 6 nitrogen and oxygen atoms in total. The molecule has 6 heteroatoms. The lowest BCUT2D eigenvalue weighted by Crippen LogP contribution is -2.36. The molecule has 2 aromatic heterocycles. The molecule has 2 aromatic rings. The normalized spacial score (nSPS) is 11.8. The van der Waals surface area contributed by atoms with Crippen LogP contribution in [-0.2, 0) is 11.3 Å². The first-order valence-electron chi connectivity index (χ1n) is 5.89. The number of carbonyl (C=O) groups excluding carboxylic acids is 1. The van der Waals surface area contributed by atoms with Crippen LogP contribution in [0.3, 0.4) is 0 Å². The first-order chi connectivity index (χ1) is 9.18. The Labute approximate surface area is 110 Å². The van der Waals surface area contributed by atoms with Gasteiger partial charge in [0, 0.05) is 31.2 Å². The summed E-state index contributed by atoms with van der Waals surface area (Å²) < 4.78 is 1.15. The molecule has 0 spiro atoms. The Kier molecular flexibility index (Phi) is 4.02. The van der Waals surface area contributed by atoms with E-state index in [1.165, 1.54) is 12.3 Å². The summed E-state index contributed by atoms with van der Waals surface area (Å²) in [6, 6.07) is 5.91. The summed E-state index contributed by atoms with van der Waals surface area (Å²) in [5.41, 5.74) is 0.651. The SMILES string of the molecule is CC(C(=O)NCc1ccncc1)n1ncccc1=O. The second kappa shape index (κ2) is 5.90. The van der Waals surface area contributed by atoms with Gasteiger partial charge in [-0.2, -0.15) is 5.10 Å². The minimum atomic E-state index is -0.643. The van der Waals surface area contributed by atoms with E-state index in [0.29, 0.717) is 6.54 Å². The average molecular weight is 258 g/mol. The van der Waals surface area contributed by atoms with Gasteiger partial charge in [0.05, 0.1) is 0 Å². The highest BCUT2D eigenvalue weighted by Crippen LogP contribution is 2.01. The predicted molar refractivity (Wildman–Crippen MR) is 69.3 cm³/mol. The van der Waals surface area contributed by atoms with Crippen molar-refractivity contribution < 1.29 is 4.79 Å². The van der Waals surface area contributed by atoms with Gasteiger partial charge in [-0.25, -0.2) is 4.68 Å². The van der Waals surface area contributed by atoms with E-state index in [1.54, 1.807) is 25.4 Å². The summed E-state index contributed by atoms with van der Waals surface area (Å²) in [6.07, 6.45) is 4.80. The van der Waals surface area contributed by atoms with Crippen LogP contribution in [0.4, 0.5) is 0 Å². The maximum absolute atomic E-state index is 11.9. The van der Waals surface area contributed by atoms with E-state index < -0.39 is 6.04 Å². The van der Waals surface area contributed by atoms with E-state index >= 15 is 0 Å². The first kappa shape index (κ1) is 12.9. The molecular weight excluding hydrogens is 244 g/mol. The lowest BCUT2D eigenvalue weighted by Gasteiger charge is -2.13. The predicted octanol–water partition coefficient (Wildman–Crippen LogP) is 0.516. The van der Waals surface area contributed by atoms with Crippen molar-refractivity contribution in [1.29, 1.82) is 0 Å². The molecule has 98 valence electrons. The molecule has 0 aliphatic rings. The van der Waals surface area contributed by atoms with Crippen LogP contribution in [0.2, 0.25) is 0 Å². The van der Waals surface area contributed by atoms with E-state index in [9.17, 15) is 9.59 Å². The number of amides is 1. The molecule has 0 bridgehead atoms. The minimum absolute atomic E-state index is 0.252. The van der Waals surface area contributed by atoms with Crippen molar-refractivity contribution in [3.63, 3.8) is 0 Å². The molecule has 1 N–H and O–H groups in total. The van der Waals surface area contributed by atoms with Crippen LogP contribution in [-0.4, -0.2) is 20.7 Å². The number of hydrogen-bond acceptors (Lipinski definition) is 4. The second-order valence-electron chi connectivity index (χ2n) is 4.06. The summed E-state index contributed by atoms with van der Waals surface area (Å²) in [7, 11) is 0. The molecule has 1 amide bonds. The Morgan fingerprint density at radius 1 is 1.32 bits per heavy atom. The van der Waals surface area contributed by atoms with Gasteiger partial charge in [0.1, 0.15) is 6.04 Å². The van der Waals surface area contributed by atoms with E-state index in [-0.39, 0.29) is 11.5 Å². The second-order valence-corrected chi connectivity index (χ2v) is 4.06. The standard InChI is InChI=1S/C13H14N4O2/c1-10(17-12(18)3-2-6-16-17)13(19)15-9-11-4-7-14-8-5-11/h2-8,10H,9H2,1H3,(H,15,19). The van der Waals surface area contributed by atoms with Crippen LogP contribution < -0.4 is 10.9 Å². The fourth-order valence-electron chi connectivity index (χ4n) is 1.61. The van der Waals surface area contributed by atoms with Crippen molar-refractivity contribution >= 4 is 5.91 Å². The van der Waals surface area contributed by atoms with Crippen LogP contribution in [0, 0.1) is 0 Å². The quantitative estimate of drug-likeness (QED) is 0.867. The fourth-order valence-corrected chi connectivity index (χ4v) is 1.61. The fraction of sp³-hybridized carbons (Fsp3) is 0.231. The zero-order chi connectivity index (χ0) is 13.7. The Bertz CT molecular complexity index is 609. The Morgan fingerprint density at radius 2 is 2.05 bits per heavy atom. The number of pyridine rings is 1. The highest BCUT2D eigenvalue weighted by atomic mass is 16.2. The maximum Gasteiger partial charge on any atom is 0.267 e. The summed E-state index contributed by atoms with van der Waals surface area (Å²) in [4.78, 5) is 27.4. The van der Waals surface area contributed by atoms with Crippen LogP contribution in [0.15, 0.2) is 47.7 Å². The van der Waals surface area contributed by atoms with Gasteiger partial charge in [0.15, 0.2) is 0 Å². The number of aromatic nitrogens is 3. The molecule has 2 heterocycles. The van der Waals surface area contributed by atoms with E-state index in [1.807, 2.05) is 12.1 Å². The largest absolute Gasteiger partial charge is 0.350 e. The van der Waals surface area contributed by atoms with Gasteiger partial charge in [-0.1, -0.05) is 0 Å². The van der Waals surface area contributed by atoms with Crippen LogP contribution in [0.1, 0.15) is 18.5 Å². The maximum atomic E-state index is 11.9. The molecule has 0 radical (unpaired) electrons. The van der Waals surface area contributed by atoms with Gasteiger partial charge in [-0.05, 0) is 30.7 Å². The third-order valence-electron chi connectivity index (χ3n) is 2.70. The zero-order valence-electron chi connectivity index (χ0n) is 10.5. The first-order valence-corrected chi connectivity index (χ1v) is 5.89. The average Bonchev–Trinajstić information content (AvgIpc) is 2.45. The van der Waals surface area contributed by atoms with Crippen molar-refractivity contribution in [1.82, 2.24) is 20.1 Å². The Balaban J connectivity index is 2.01. The zero-order valence-corrected chi connectivity index (χ0v) is 10.5. The number of rotatable bonds is 4. The molecule has 0 saturated carbocycles. The molecule has 2 rings (SSSR count). The van der Waals surface area contributed by atoms with Gasteiger partial charge in [0.25, 0.3) is 5.56 Å². The summed E-state index contributed by atoms with van der Waals surface area (Å²) >= 11 is 0. The summed E-state index contributed by atoms with van der Waals surface area (Å²) in [6.45, 7) is 2.03. The van der Waals surface area contributed by atoms with Gasteiger partial charge < -0.3 is 5.32 Å². The van der Waals surface area contributed by atoms with Crippen molar-refractivity contribution in [2.45, 2.75) is 19.5 Å². The minimum Gasteiger partial charge on any atom is -0.350 e. The highest BCUT2D eigenvalue weighted by molar-refractivity contribution is 5.79. The number of hydrogen-bond donors (Lipinski definition) is 1. The smallest absolute Gasteiger partial charge is 0.267 e. The molecule has 0 aliphatic carbocycles. The third kappa shape index (κ3) is 3.25. The monoisotopic (exact) mass is 258 g/mol. The summed E-state index contributed by atoms with van der Waals surface area (Å²) in [5.74, 6) is -0.252. The molecular formula is C13H14N4O2. The van der Waals surface area contributed by atoms with E-state index in [4.69, 9.17) is 0 Å². The lowest BCUT2D eigenvalue weighted by atomic mass is 10.2. The van der Waals surface area contributed by atoms with Crippen molar-refractivity contribution in [2.75, 3.05) is 0 Å². The summed E-state index contributed by atoms with van der Waals surface area (Å²) in [5, 5.41) is 6.65. The lowest BCUT2D eigenvalue weighted by molar-refractivity contribution is -0.124. The van der Waals surface area contributed by atoms with E-state index in [0.717, 1.165) is 10.2 Å². The van der Waals surface area contributed by atoms with Gasteiger partial charge in [0.2, 0.25) is 5.91 Å². The molecule has 0 aliphatic heterocycles. The number of carbonyl (C=O) groups is 1. The Hall–Kier alpha value is -2.50. The van der Waals surface area contributed by atoms with Gasteiger partial charge >= 0.3 is 0 Å². The van der Waals surface area contributed by atoms with Crippen LogP contribution in [0.5, 0.6) is 0 Å².